The van der Waals surface area contributed by atoms with Crippen molar-refractivity contribution in [3.63, 3.8) is 0 Å². The van der Waals surface area contributed by atoms with E-state index in [0.29, 0.717) is 0 Å². The molecule has 5 nitrogen and oxygen atoms in total. The number of imidazole rings is 1. The van der Waals surface area contributed by atoms with Gasteiger partial charge in [-0.15, -0.1) is 0 Å². The van der Waals surface area contributed by atoms with Crippen LogP contribution in [0.15, 0.2) is 28.9 Å². The fraction of sp³-hybridized carbons (Fsp3) is 0.400. The SMILES string of the molecule is COCCCNc1nc(C)cn1-c1cc(Br)ccc1OC. The molecule has 0 aliphatic heterocycles. The molecule has 0 amide bonds. The summed E-state index contributed by atoms with van der Waals surface area (Å²) in [5, 5.41) is 3.34. The number of aryl methyl sites for hydroxylation is 1. The van der Waals surface area contributed by atoms with Gasteiger partial charge in [0.1, 0.15) is 5.75 Å². The van der Waals surface area contributed by atoms with Crippen LogP contribution in [0.2, 0.25) is 0 Å². The third-order valence-electron chi connectivity index (χ3n) is 3.04. The van der Waals surface area contributed by atoms with E-state index in [2.05, 4.69) is 26.2 Å². The van der Waals surface area contributed by atoms with Gasteiger partial charge in [0.2, 0.25) is 5.95 Å². The fourth-order valence-electron chi connectivity index (χ4n) is 2.07. The number of hydrogen-bond donors (Lipinski definition) is 1. The number of aromatic nitrogens is 2. The number of benzene rings is 1. The highest BCUT2D eigenvalue weighted by Crippen LogP contribution is 2.29. The zero-order valence-corrected chi connectivity index (χ0v) is 14.1. The van der Waals surface area contributed by atoms with Crippen molar-refractivity contribution in [2.75, 3.05) is 32.7 Å². The fourth-order valence-corrected chi connectivity index (χ4v) is 2.42. The van der Waals surface area contributed by atoms with E-state index in [1.54, 1.807) is 14.2 Å². The van der Waals surface area contributed by atoms with E-state index in [1.807, 2.05) is 35.9 Å². The molecule has 0 radical (unpaired) electrons. The van der Waals surface area contributed by atoms with Crippen LogP contribution in [0.1, 0.15) is 12.1 Å². The largest absolute Gasteiger partial charge is 0.495 e. The first kappa shape index (κ1) is 15.9. The monoisotopic (exact) mass is 353 g/mol. The molecule has 21 heavy (non-hydrogen) atoms. The summed E-state index contributed by atoms with van der Waals surface area (Å²) in [5.74, 6) is 1.61. The molecule has 0 atom stereocenters. The van der Waals surface area contributed by atoms with E-state index >= 15 is 0 Å². The summed E-state index contributed by atoms with van der Waals surface area (Å²) in [6, 6.07) is 5.90. The number of hydrogen-bond acceptors (Lipinski definition) is 4. The first-order valence-corrected chi connectivity index (χ1v) is 7.57. The summed E-state index contributed by atoms with van der Waals surface area (Å²) in [5.41, 5.74) is 1.90. The average molecular weight is 354 g/mol. The summed E-state index contributed by atoms with van der Waals surface area (Å²) < 4.78 is 13.5. The first-order valence-electron chi connectivity index (χ1n) is 6.78. The minimum atomic E-state index is 0.729. The molecule has 2 aromatic rings. The predicted molar refractivity (Wildman–Crippen MR) is 87.5 cm³/mol. The summed E-state index contributed by atoms with van der Waals surface area (Å²) in [7, 11) is 3.37. The lowest BCUT2D eigenvalue weighted by Crippen LogP contribution is -2.10. The maximum absolute atomic E-state index is 5.44. The lowest BCUT2D eigenvalue weighted by molar-refractivity contribution is 0.197. The van der Waals surface area contributed by atoms with Crippen LogP contribution >= 0.6 is 15.9 Å². The molecular weight excluding hydrogens is 334 g/mol. The van der Waals surface area contributed by atoms with Gasteiger partial charge in [0.15, 0.2) is 0 Å². The predicted octanol–water partition coefficient (Wildman–Crippen LogP) is 3.40. The van der Waals surface area contributed by atoms with Crippen LogP contribution in [0.25, 0.3) is 5.69 Å². The van der Waals surface area contributed by atoms with Crippen LogP contribution in [0.5, 0.6) is 5.75 Å². The second-order valence-electron chi connectivity index (χ2n) is 4.67. The Bertz CT molecular complexity index is 599. The number of halogens is 1. The third kappa shape index (κ3) is 3.98. The molecule has 1 N–H and O–H groups in total. The van der Waals surface area contributed by atoms with Crippen molar-refractivity contribution in [2.45, 2.75) is 13.3 Å². The van der Waals surface area contributed by atoms with Gasteiger partial charge in [-0.25, -0.2) is 4.98 Å². The second-order valence-corrected chi connectivity index (χ2v) is 5.58. The van der Waals surface area contributed by atoms with Gasteiger partial charge in [-0.05, 0) is 31.5 Å². The smallest absolute Gasteiger partial charge is 0.207 e. The molecule has 0 saturated carbocycles. The number of anilines is 1. The Hall–Kier alpha value is -1.53. The molecule has 0 bridgehead atoms. The molecule has 1 aromatic heterocycles. The van der Waals surface area contributed by atoms with Crippen molar-refractivity contribution in [3.05, 3.63) is 34.6 Å². The molecule has 0 saturated heterocycles. The van der Waals surface area contributed by atoms with Crippen LogP contribution in [0, 0.1) is 6.92 Å². The zero-order chi connectivity index (χ0) is 15.2. The quantitative estimate of drug-likeness (QED) is 0.775. The maximum Gasteiger partial charge on any atom is 0.207 e. The number of ether oxygens (including phenoxy) is 2. The average Bonchev–Trinajstić information content (AvgIpc) is 2.84. The molecule has 2 rings (SSSR count). The maximum atomic E-state index is 5.44. The lowest BCUT2D eigenvalue weighted by Gasteiger charge is -2.13. The molecule has 0 fully saturated rings. The highest BCUT2D eigenvalue weighted by Gasteiger charge is 2.12. The van der Waals surface area contributed by atoms with Crippen molar-refractivity contribution in [3.8, 4) is 11.4 Å². The van der Waals surface area contributed by atoms with Crippen molar-refractivity contribution in [2.24, 2.45) is 0 Å². The van der Waals surface area contributed by atoms with Gasteiger partial charge in [-0.2, -0.15) is 0 Å². The first-order chi connectivity index (χ1) is 10.2. The normalized spacial score (nSPS) is 10.7. The number of rotatable bonds is 7. The van der Waals surface area contributed by atoms with Gasteiger partial charge < -0.3 is 14.8 Å². The van der Waals surface area contributed by atoms with Crippen LogP contribution in [0.4, 0.5) is 5.95 Å². The molecular formula is C15H20BrN3O2. The van der Waals surface area contributed by atoms with E-state index in [9.17, 15) is 0 Å². The second kappa shape index (κ2) is 7.47. The van der Waals surface area contributed by atoms with Gasteiger partial charge >= 0.3 is 0 Å². The summed E-state index contributed by atoms with van der Waals surface area (Å²) in [4.78, 5) is 4.53. The van der Waals surface area contributed by atoms with E-state index in [0.717, 1.165) is 47.1 Å². The van der Waals surface area contributed by atoms with Crippen molar-refractivity contribution < 1.29 is 9.47 Å². The van der Waals surface area contributed by atoms with Crippen molar-refractivity contribution >= 4 is 21.9 Å². The van der Waals surface area contributed by atoms with Gasteiger partial charge in [0, 0.05) is 30.9 Å². The molecule has 0 aliphatic carbocycles. The summed E-state index contributed by atoms with van der Waals surface area (Å²) in [6.45, 7) is 3.51. The van der Waals surface area contributed by atoms with Crippen LogP contribution in [-0.4, -0.2) is 36.9 Å². The van der Waals surface area contributed by atoms with E-state index in [-0.39, 0.29) is 0 Å². The Balaban J connectivity index is 2.29. The molecule has 0 spiro atoms. The van der Waals surface area contributed by atoms with E-state index < -0.39 is 0 Å². The molecule has 1 heterocycles. The molecule has 0 aliphatic rings. The molecule has 1 aromatic carbocycles. The number of nitrogens with one attached hydrogen (secondary N) is 1. The Morgan fingerprint density at radius 3 is 2.86 bits per heavy atom. The highest BCUT2D eigenvalue weighted by molar-refractivity contribution is 9.10. The van der Waals surface area contributed by atoms with Crippen molar-refractivity contribution in [1.82, 2.24) is 9.55 Å². The molecule has 0 unspecified atom stereocenters. The lowest BCUT2D eigenvalue weighted by atomic mass is 10.3. The Morgan fingerprint density at radius 1 is 1.33 bits per heavy atom. The van der Waals surface area contributed by atoms with Gasteiger partial charge in [-0.3, -0.25) is 4.57 Å². The Kier molecular flexibility index (Phi) is 5.64. The molecule has 6 heteroatoms. The number of methoxy groups -OCH3 is 2. The van der Waals surface area contributed by atoms with E-state index in [4.69, 9.17) is 9.47 Å². The van der Waals surface area contributed by atoms with Crippen LogP contribution < -0.4 is 10.1 Å². The standard InChI is InChI=1S/C15H20BrN3O2/c1-11-10-19(15(18-11)17-7-4-8-20-2)13-9-12(16)5-6-14(13)21-3/h5-6,9-10H,4,7-8H2,1-3H3,(H,17,18). The van der Waals surface area contributed by atoms with Gasteiger partial charge in [0.05, 0.1) is 18.5 Å². The van der Waals surface area contributed by atoms with Gasteiger partial charge in [-0.1, -0.05) is 15.9 Å². The van der Waals surface area contributed by atoms with E-state index in [1.165, 1.54) is 0 Å². The Morgan fingerprint density at radius 2 is 2.14 bits per heavy atom. The van der Waals surface area contributed by atoms with Crippen LogP contribution in [-0.2, 0) is 4.74 Å². The Labute approximate surface area is 133 Å². The topological polar surface area (TPSA) is 48.3 Å². The minimum absolute atomic E-state index is 0.729. The summed E-state index contributed by atoms with van der Waals surface area (Å²) in [6.07, 6.45) is 2.92. The minimum Gasteiger partial charge on any atom is -0.495 e. The summed E-state index contributed by atoms with van der Waals surface area (Å²) >= 11 is 3.50. The highest BCUT2D eigenvalue weighted by atomic mass is 79.9. The van der Waals surface area contributed by atoms with Crippen molar-refractivity contribution in [1.29, 1.82) is 0 Å². The molecule has 114 valence electrons. The van der Waals surface area contributed by atoms with Crippen LogP contribution in [0.3, 0.4) is 0 Å². The number of nitrogens with zero attached hydrogens (tertiary/aromatic N) is 2. The van der Waals surface area contributed by atoms with Gasteiger partial charge in [0.25, 0.3) is 0 Å². The third-order valence-corrected chi connectivity index (χ3v) is 3.53. The zero-order valence-electron chi connectivity index (χ0n) is 12.5.